The molecule has 2 rings (SSSR count). The normalized spacial score (nSPS) is 11.5. The maximum absolute atomic E-state index is 12.1. The average molecular weight is 326 g/mol. The van der Waals surface area contributed by atoms with E-state index in [1.54, 1.807) is 24.4 Å². The highest BCUT2D eigenvalue weighted by atomic mass is 16.2. The van der Waals surface area contributed by atoms with Crippen molar-refractivity contribution in [3.8, 4) is 0 Å². The summed E-state index contributed by atoms with van der Waals surface area (Å²) in [4.78, 5) is 23.5. The first-order valence-electron chi connectivity index (χ1n) is 7.90. The van der Waals surface area contributed by atoms with E-state index in [0.29, 0.717) is 12.2 Å². The molecule has 0 saturated heterocycles. The van der Waals surface area contributed by atoms with Gasteiger partial charge in [-0.25, -0.2) is 0 Å². The summed E-state index contributed by atoms with van der Waals surface area (Å²) in [6.45, 7) is 6.01. The summed E-state index contributed by atoms with van der Waals surface area (Å²) < 4.78 is 1.85. The van der Waals surface area contributed by atoms with Crippen molar-refractivity contribution in [2.24, 2.45) is 0 Å². The Hall–Kier alpha value is -2.89. The smallest absolute Gasteiger partial charge is 0.247 e. The number of nitrogens with zero attached hydrogens (tertiary/aromatic N) is 2. The Morgan fingerprint density at radius 2 is 2.21 bits per heavy atom. The van der Waals surface area contributed by atoms with Crippen molar-refractivity contribution in [3.05, 3.63) is 60.9 Å². The molecule has 1 atom stereocenters. The van der Waals surface area contributed by atoms with Crippen molar-refractivity contribution in [3.63, 3.8) is 0 Å². The van der Waals surface area contributed by atoms with Gasteiger partial charge in [0.25, 0.3) is 0 Å². The zero-order chi connectivity index (χ0) is 17.4. The Labute approximate surface area is 141 Å². The molecule has 6 nitrogen and oxygen atoms in total. The summed E-state index contributed by atoms with van der Waals surface area (Å²) in [6, 6.07) is 9.23. The molecule has 2 amide bonds. The van der Waals surface area contributed by atoms with Gasteiger partial charge in [0.15, 0.2) is 0 Å². The zero-order valence-corrected chi connectivity index (χ0v) is 13.7. The number of carbonyl (C=O) groups is 2. The third kappa shape index (κ3) is 5.08. The lowest BCUT2D eigenvalue weighted by Crippen LogP contribution is -2.31. The molecule has 0 aliphatic heterocycles. The van der Waals surface area contributed by atoms with E-state index in [-0.39, 0.29) is 24.3 Å². The van der Waals surface area contributed by atoms with Gasteiger partial charge in [0.05, 0.1) is 12.5 Å². The van der Waals surface area contributed by atoms with E-state index < -0.39 is 0 Å². The minimum atomic E-state index is -0.276. The first-order chi connectivity index (χ1) is 11.6. The number of hydrogen-bond acceptors (Lipinski definition) is 3. The van der Waals surface area contributed by atoms with E-state index >= 15 is 0 Å². The van der Waals surface area contributed by atoms with Crippen molar-refractivity contribution in [2.45, 2.75) is 25.8 Å². The third-order valence-corrected chi connectivity index (χ3v) is 3.65. The van der Waals surface area contributed by atoms with E-state index in [4.69, 9.17) is 0 Å². The molecule has 126 valence electrons. The van der Waals surface area contributed by atoms with Crippen molar-refractivity contribution >= 4 is 17.5 Å². The molecular weight excluding hydrogens is 304 g/mol. The molecule has 2 N–H and O–H groups in total. The van der Waals surface area contributed by atoms with Crippen LogP contribution in [0.4, 0.5) is 5.69 Å². The quantitative estimate of drug-likeness (QED) is 0.731. The fourth-order valence-electron chi connectivity index (χ4n) is 2.35. The van der Waals surface area contributed by atoms with Crippen LogP contribution in [0.3, 0.4) is 0 Å². The highest BCUT2D eigenvalue weighted by Gasteiger charge is 2.11. The number of amides is 2. The highest BCUT2D eigenvalue weighted by molar-refractivity contribution is 5.98. The summed E-state index contributed by atoms with van der Waals surface area (Å²) in [6.07, 6.45) is 5.97. The maximum atomic E-state index is 12.1. The van der Waals surface area contributed by atoms with E-state index in [9.17, 15) is 9.59 Å². The maximum Gasteiger partial charge on any atom is 0.247 e. The molecule has 0 spiro atoms. The Morgan fingerprint density at radius 3 is 2.88 bits per heavy atom. The van der Waals surface area contributed by atoms with Crippen LogP contribution in [0.25, 0.3) is 0 Å². The molecule has 0 aliphatic rings. The van der Waals surface area contributed by atoms with Crippen molar-refractivity contribution in [2.75, 3.05) is 11.9 Å². The van der Waals surface area contributed by atoms with Crippen LogP contribution in [-0.4, -0.2) is 28.1 Å². The van der Waals surface area contributed by atoms with Gasteiger partial charge in [-0.15, -0.1) is 0 Å². The number of nitrogens with one attached hydrogen (secondary N) is 2. The van der Waals surface area contributed by atoms with E-state index in [1.165, 1.54) is 6.08 Å². The second kappa shape index (κ2) is 8.67. The second-order valence-electron chi connectivity index (χ2n) is 5.42. The summed E-state index contributed by atoms with van der Waals surface area (Å²) in [5, 5.41) is 9.84. The Balaban J connectivity index is 1.89. The van der Waals surface area contributed by atoms with Gasteiger partial charge >= 0.3 is 0 Å². The molecule has 1 heterocycles. The first kappa shape index (κ1) is 17.5. The Morgan fingerprint density at radius 1 is 1.38 bits per heavy atom. The van der Waals surface area contributed by atoms with Crippen LogP contribution in [0.2, 0.25) is 0 Å². The molecule has 1 aromatic carbocycles. The molecule has 0 saturated carbocycles. The monoisotopic (exact) mass is 326 g/mol. The van der Waals surface area contributed by atoms with Gasteiger partial charge in [-0.3, -0.25) is 14.3 Å². The van der Waals surface area contributed by atoms with E-state index in [0.717, 1.165) is 12.0 Å². The fraction of sp³-hybridized carbons (Fsp3) is 0.278. The van der Waals surface area contributed by atoms with E-state index in [2.05, 4.69) is 29.2 Å². The summed E-state index contributed by atoms with van der Waals surface area (Å²) in [5.41, 5.74) is 1.48. The van der Waals surface area contributed by atoms with Gasteiger partial charge in [-0.1, -0.05) is 25.6 Å². The van der Waals surface area contributed by atoms with Crippen LogP contribution in [-0.2, 0) is 16.0 Å². The number of benzene rings is 1. The molecule has 0 aliphatic carbocycles. The van der Waals surface area contributed by atoms with Crippen LogP contribution in [0.5, 0.6) is 0 Å². The standard InChI is InChI=1S/C18H22N4O2/c1-3-16(22-10-6-9-20-22)13-19-18(24)12-14-7-5-8-15(11-14)21-17(23)4-2/h4-11,16H,2-3,12-13H2,1H3,(H,19,24)(H,21,23). The topological polar surface area (TPSA) is 76.0 Å². The molecule has 0 bridgehead atoms. The Kier molecular flexibility index (Phi) is 6.31. The van der Waals surface area contributed by atoms with Gasteiger partial charge < -0.3 is 10.6 Å². The van der Waals surface area contributed by atoms with Crippen LogP contribution in [0.1, 0.15) is 24.9 Å². The van der Waals surface area contributed by atoms with Crippen LogP contribution in [0.15, 0.2) is 55.4 Å². The molecule has 1 aromatic heterocycles. The number of hydrogen-bond donors (Lipinski definition) is 2. The van der Waals surface area contributed by atoms with Crippen LogP contribution >= 0.6 is 0 Å². The fourth-order valence-corrected chi connectivity index (χ4v) is 2.35. The van der Waals surface area contributed by atoms with Crippen LogP contribution in [0, 0.1) is 0 Å². The number of anilines is 1. The van der Waals surface area contributed by atoms with Crippen LogP contribution < -0.4 is 10.6 Å². The third-order valence-electron chi connectivity index (χ3n) is 3.65. The average Bonchev–Trinajstić information content (AvgIpc) is 3.10. The van der Waals surface area contributed by atoms with Crippen molar-refractivity contribution in [1.82, 2.24) is 15.1 Å². The molecule has 6 heteroatoms. The molecule has 0 radical (unpaired) electrons. The lowest BCUT2D eigenvalue weighted by molar-refractivity contribution is -0.120. The van der Waals surface area contributed by atoms with Gasteiger partial charge in [0.1, 0.15) is 0 Å². The zero-order valence-electron chi connectivity index (χ0n) is 13.7. The molecule has 0 fully saturated rings. The van der Waals surface area contributed by atoms with E-state index in [1.807, 2.05) is 23.0 Å². The summed E-state index contributed by atoms with van der Waals surface area (Å²) in [5.74, 6) is -0.339. The van der Waals surface area contributed by atoms with Crippen molar-refractivity contribution < 1.29 is 9.59 Å². The molecular formula is C18H22N4O2. The summed E-state index contributed by atoms with van der Waals surface area (Å²) >= 11 is 0. The number of carbonyl (C=O) groups excluding carboxylic acids is 2. The second-order valence-corrected chi connectivity index (χ2v) is 5.42. The summed E-state index contributed by atoms with van der Waals surface area (Å²) in [7, 11) is 0. The number of aromatic nitrogens is 2. The van der Waals surface area contributed by atoms with Gasteiger partial charge in [0, 0.05) is 24.6 Å². The highest BCUT2D eigenvalue weighted by Crippen LogP contribution is 2.12. The lowest BCUT2D eigenvalue weighted by atomic mass is 10.1. The van der Waals surface area contributed by atoms with Gasteiger partial charge in [-0.05, 0) is 36.3 Å². The van der Waals surface area contributed by atoms with Crippen molar-refractivity contribution in [1.29, 1.82) is 0 Å². The SMILES string of the molecule is C=CC(=O)Nc1cccc(CC(=O)NCC(CC)n2cccn2)c1. The first-order valence-corrected chi connectivity index (χ1v) is 7.90. The predicted octanol–water partition coefficient (Wildman–Crippen LogP) is 2.32. The minimum absolute atomic E-state index is 0.0622. The predicted molar refractivity (Wildman–Crippen MR) is 93.5 cm³/mol. The molecule has 2 aromatic rings. The molecule has 1 unspecified atom stereocenters. The van der Waals surface area contributed by atoms with Gasteiger partial charge in [0.2, 0.25) is 11.8 Å². The number of rotatable bonds is 8. The lowest BCUT2D eigenvalue weighted by Gasteiger charge is -2.16. The Bertz CT molecular complexity index is 695. The molecule has 24 heavy (non-hydrogen) atoms. The van der Waals surface area contributed by atoms with Gasteiger partial charge in [-0.2, -0.15) is 5.10 Å². The largest absolute Gasteiger partial charge is 0.354 e. The minimum Gasteiger partial charge on any atom is -0.354 e.